The third-order valence-corrected chi connectivity index (χ3v) is 8.17. The van der Waals surface area contributed by atoms with Crippen LogP contribution in [0.3, 0.4) is 0 Å². The summed E-state index contributed by atoms with van der Waals surface area (Å²) in [6, 6.07) is 6.58. The molecule has 9 nitrogen and oxygen atoms in total. The lowest BCUT2D eigenvalue weighted by atomic mass is 10.1. The van der Waals surface area contributed by atoms with Crippen LogP contribution in [0.15, 0.2) is 24.3 Å². The van der Waals surface area contributed by atoms with Gasteiger partial charge in [0.2, 0.25) is 11.9 Å². The molecule has 1 unspecified atom stereocenters. The van der Waals surface area contributed by atoms with E-state index in [1.807, 2.05) is 6.92 Å². The molecule has 11 heteroatoms. The van der Waals surface area contributed by atoms with Crippen LogP contribution in [0.4, 0.5) is 16.2 Å². The van der Waals surface area contributed by atoms with Crippen molar-refractivity contribution in [2.24, 2.45) is 0 Å². The smallest absolute Gasteiger partial charge is 0.239 e. The van der Waals surface area contributed by atoms with Crippen molar-refractivity contribution < 1.29 is 13.3 Å². The summed E-state index contributed by atoms with van der Waals surface area (Å²) in [5.41, 5.74) is 1.18. The van der Waals surface area contributed by atoms with E-state index in [-0.39, 0.29) is 17.5 Å². The number of hydrogen-bond acceptors (Lipinski definition) is 8. The summed E-state index contributed by atoms with van der Waals surface area (Å²) in [5.74, 6) is 0.839. The van der Waals surface area contributed by atoms with E-state index in [1.165, 1.54) is 12.3 Å². The topological polar surface area (TPSA) is 109 Å². The number of ether oxygens (including phenoxy) is 1. The van der Waals surface area contributed by atoms with Crippen molar-refractivity contribution in [3.8, 4) is 5.95 Å². The zero-order valence-electron chi connectivity index (χ0n) is 18.8. The monoisotopic (exact) mass is 461 g/mol. The van der Waals surface area contributed by atoms with Crippen LogP contribution in [0.5, 0.6) is 0 Å². The second-order valence-corrected chi connectivity index (χ2v) is 11.2. The van der Waals surface area contributed by atoms with Crippen molar-refractivity contribution in [1.82, 2.24) is 19.5 Å². The number of hydrogen-bond donors (Lipinski definition) is 2. The minimum atomic E-state index is -3.00. The zero-order valence-corrected chi connectivity index (χ0v) is 19.7. The third kappa shape index (κ3) is 3.69. The van der Waals surface area contributed by atoms with E-state index in [4.69, 9.17) is 19.5 Å². The van der Waals surface area contributed by atoms with Crippen LogP contribution in [0, 0.1) is 10.6 Å². The van der Waals surface area contributed by atoms with E-state index >= 15 is 0 Å². The molecule has 0 spiro atoms. The van der Waals surface area contributed by atoms with Gasteiger partial charge in [0.15, 0.2) is 5.82 Å². The zero-order chi connectivity index (χ0) is 23.3. The predicted octanol–water partition coefficient (Wildman–Crippen LogP) is 3.13. The average molecular weight is 462 g/mol. The molecule has 4 rings (SSSR count). The molecule has 1 aliphatic heterocycles. The van der Waals surface area contributed by atoms with Crippen molar-refractivity contribution in [2.75, 3.05) is 43.3 Å². The van der Waals surface area contributed by atoms with Crippen molar-refractivity contribution >= 4 is 32.5 Å². The van der Waals surface area contributed by atoms with Gasteiger partial charge in [0.25, 0.3) is 0 Å². The summed E-state index contributed by atoms with van der Waals surface area (Å²) >= 11 is 0. The molecular weight excluding hydrogens is 433 g/mol. The van der Waals surface area contributed by atoms with Gasteiger partial charge in [0.1, 0.15) is 11.3 Å². The molecule has 3 heterocycles. The summed E-state index contributed by atoms with van der Waals surface area (Å²) in [6.45, 7) is 7.28. The molecular formula is C21H28FN7O2S. The Labute approximate surface area is 187 Å². The Hall–Kier alpha value is -2.79. The van der Waals surface area contributed by atoms with E-state index < -0.39 is 20.3 Å². The fraction of sp³-hybridized carbons (Fsp3) is 0.476. The first-order valence-electron chi connectivity index (χ1n) is 10.4. The first-order chi connectivity index (χ1) is 15.0. The van der Waals surface area contributed by atoms with Gasteiger partial charge in [0.05, 0.1) is 44.9 Å². The number of imidazole rings is 1. The SMILES string of the molecule is CNc1nc2c(F)cccc2n1-c1nc(N2CCOC[C@H]2C)cc(C(C)(C)S(C)(=N)=O)n1. The van der Waals surface area contributed by atoms with Crippen molar-refractivity contribution in [3.05, 3.63) is 35.8 Å². The highest BCUT2D eigenvalue weighted by molar-refractivity contribution is 7.92. The minimum absolute atomic E-state index is 0.0743. The maximum atomic E-state index is 14.4. The molecule has 2 N–H and O–H groups in total. The maximum Gasteiger partial charge on any atom is 0.239 e. The number of halogens is 1. The lowest BCUT2D eigenvalue weighted by Crippen LogP contribution is -2.44. The average Bonchev–Trinajstić information content (AvgIpc) is 3.13. The van der Waals surface area contributed by atoms with E-state index in [2.05, 4.69) is 15.2 Å². The van der Waals surface area contributed by atoms with Gasteiger partial charge in [-0.3, -0.25) is 4.78 Å². The van der Waals surface area contributed by atoms with Gasteiger partial charge in [-0.25, -0.2) is 23.1 Å². The second-order valence-electron chi connectivity index (χ2n) is 8.51. The standard InChI is InChI=1S/C21H28FN7O2S/c1-13-12-31-10-9-28(13)17-11-16(21(2,3)32(5,23)30)25-20(26-17)29-15-8-6-7-14(22)18(15)27-19(29)24-4/h6-8,11,13,23H,9-10,12H2,1-5H3,(H,24,27)/t13-,32?/m1/s1. The van der Waals surface area contributed by atoms with E-state index in [0.717, 1.165) is 0 Å². The van der Waals surface area contributed by atoms with E-state index in [0.29, 0.717) is 42.7 Å². The molecule has 1 saturated heterocycles. The lowest BCUT2D eigenvalue weighted by molar-refractivity contribution is 0.0985. The van der Waals surface area contributed by atoms with Crippen LogP contribution in [-0.4, -0.2) is 62.8 Å². The predicted molar refractivity (Wildman–Crippen MR) is 124 cm³/mol. The molecule has 1 fully saturated rings. The van der Waals surface area contributed by atoms with Gasteiger partial charge >= 0.3 is 0 Å². The Kier molecular flexibility index (Phi) is 5.58. The number of aromatic nitrogens is 4. The summed E-state index contributed by atoms with van der Waals surface area (Å²) in [4.78, 5) is 16.0. The summed E-state index contributed by atoms with van der Waals surface area (Å²) in [6.07, 6.45) is 1.41. The van der Waals surface area contributed by atoms with Crippen LogP contribution >= 0.6 is 0 Å². The largest absolute Gasteiger partial charge is 0.377 e. The van der Waals surface area contributed by atoms with E-state index in [9.17, 15) is 8.60 Å². The van der Waals surface area contributed by atoms with Gasteiger partial charge in [-0.1, -0.05) is 6.07 Å². The Morgan fingerprint density at radius 3 is 2.72 bits per heavy atom. The number of rotatable bonds is 5. The normalized spacial score (nSPS) is 19.2. The summed E-state index contributed by atoms with van der Waals surface area (Å²) in [7, 11) is -1.31. The van der Waals surface area contributed by atoms with Crippen molar-refractivity contribution in [1.29, 1.82) is 4.78 Å². The quantitative estimate of drug-likeness (QED) is 0.601. The van der Waals surface area contributed by atoms with Gasteiger partial charge in [0, 0.05) is 25.9 Å². The molecule has 0 saturated carbocycles. The Bertz CT molecular complexity index is 1270. The first kappa shape index (κ1) is 22.4. The lowest BCUT2D eigenvalue weighted by Gasteiger charge is -2.35. The fourth-order valence-corrected chi connectivity index (χ4v) is 4.18. The highest BCUT2D eigenvalue weighted by Gasteiger charge is 2.34. The summed E-state index contributed by atoms with van der Waals surface area (Å²) in [5, 5.41) is 2.98. The maximum absolute atomic E-state index is 14.4. The number of para-hydroxylation sites is 1. The molecule has 172 valence electrons. The molecule has 0 bridgehead atoms. The number of morpholine rings is 1. The molecule has 2 atom stereocenters. The number of fused-ring (bicyclic) bond motifs is 1. The third-order valence-electron chi connectivity index (χ3n) is 6.01. The molecule has 0 aliphatic carbocycles. The minimum Gasteiger partial charge on any atom is -0.377 e. The van der Waals surface area contributed by atoms with Crippen LogP contribution in [0.25, 0.3) is 17.0 Å². The Balaban J connectivity index is 2.01. The number of nitrogens with one attached hydrogen (secondary N) is 2. The number of benzene rings is 1. The highest BCUT2D eigenvalue weighted by Crippen LogP contribution is 2.33. The van der Waals surface area contributed by atoms with Gasteiger partial charge in [-0.2, -0.15) is 4.98 Å². The Morgan fingerprint density at radius 1 is 1.31 bits per heavy atom. The summed E-state index contributed by atoms with van der Waals surface area (Å²) < 4.78 is 41.7. The molecule has 32 heavy (non-hydrogen) atoms. The fourth-order valence-electron chi connectivity index (χ4n) is 3.68. The highest BCUT2D eigenvalue weighted by atomic mass is 32.2. The first-order valence-corrected chi connectivity index (χ1v) is 12.3. The molecule has 2 aromatic heterocycles. The van der Waals surface area contributed by atoms with Crippen LogP contribution in [0.2, 0.25) is 0 Å². The number of nitrogens with zero attached hydrogens (tertiary/aromatic N) is 5. The van der Waals surface area contributed by atoms with Gasteiger partial charge < -0.3 is 15.0 Å². The molecule has 1 aliphatic rings. The molecule has 1 aromatic carbocycles. The second kappa shape index (κ2) is 7.96. The van der Waals surface area contributed by atoms with Crippen LogP contribution in [-0.2, 0) is 19.2 Å². The molecule has 0 radical (unpaired) electrons. The molecule has 0 amide bonds. The van der Waals surface area contributed by atoms with E-state index in [1.54, 1.807) is 43.7 Å². The van der Waals surface area contributed by atoms with Gasteiger partial charge in [-0.15, -0.1) is 0 Å². The molecule has 3 aromatic rings. The van der Waals surface area contributed by atoms with Crippen molar-refractivity contribution in [3.63, 3.8) is 0 Å². The van der Waals surface area contributed by atoms with Gasteiger partial charge in [-0.05, 0) is 32.9 Å². The van der Waals surface area contributed by atoms with Crippen molar-refractivity contribution in [2.45, 2.75) is 31.6 Å². The Morgan fingerprint density at radius 2 is 2.06 bits per heavy atom. The number of anilines is 2. The van der Waals surface area contributed by atoms with Crippen LogP contribution < -0.4 is 10.2 Å². The van der Waals surface area contributed by atoms with Crippen LogP contribution in [0.1, 0.15) is 26.5 Å².